The average molecular weight is 194 g/mol. The smallest absolute Gasteiger partial charge is 0.0433 e. The van der Waals surface area contributed by atoms with Crippen molar-refractivity contribution in [3.05, 3.63) is 0 Å². The van der Waals surface area contributed by atoms with Crippen molar-refractivity contribution in [3.8, 4) is 0 Å². The highest BCUT2D eigenvalue weighted by Crippen LogP contribution is 2.33. The van der Waals surface area contributed by atoms with Gasteiger partial charge in [-0.25, -0.2) is 0 Å². The Kier molecular flexibility index (Phi) is 5.14. The molecule has 1 unspecified atom stereocenters. The van der Waals surface area contributed by atoms with Gasteiger partial charge in [-0.05, 0) is 30.7 Å². The standard InChI is InChI=1S/C9H19NO.ClH/c1-9(2)7-10-5-3-8(9)4-6-11;/h8,10-11H,3-7H2,1-2H3;1H. The first-order chi connectivity index (χ1) is 5.17. The van der Waals surface area contributed by atoms with Gasteiger partial charge in [0.15, 0.2) is 0 Å². The lowest BCUT2D eigenvalue weighted by molar-refractivity contribution is 0.120. The Morgan fingerprint density at radius 1 is 1.50 bits per heavy atom. The quantitative estimate of drug-likeness (QED) is 0.696. The third-order valence-electron chi connectivity index (χ3n) is 2.83. The topological polar surface area (TPSA) is 32.3 Å². The SMILES string of the molecule is CC1(C)CNCCC1CCO.Cl. The number of hydrogen-bond donors (Lipinski definition) is 2. The van der Waals surface area contributed by atoms with Crippen LogP contribution in [0.1, 0.15) is 26.7 Å². The summed E-state index contributed by atoms with van der Waals surface area (Å²) in [5.74, 6) is 0.703. The molecule has 12 heavy (non-hydrogen) atoms. The van der Waals surface area contributed by atoms with E-state index in [1.807, 2.05) is 0 Å². The fourth-order valence-electron chi connectivity index (χ4n) is 1.91. The minimum atomic E-state index is 0. The Bertz CT molecular complexity index is 126. The predicted octanol–water partition coefficient (Wildman–Crippen LogP) is 1.43. The van der Waals surface area contributed by atoms with Crippen LogP contribution in [0.3, 0.4) is 0 Å². The van der Waals surface area contributed by atoms with E-state index in [9.17, 15) is 0 Å². The Hall–Kier alpha value is 0.210. The van der Waals surface area contributed by atoms with Crippen molar-refractivity contribution in [2.24, 2.45) is 11.3 Å². The van der Waals surface area contributed by atoms with Gasteiger partial charge in [0.2, 0.25) is 0 Å². The highest BCUT2D eigenvalue weighted by Gasteiger charge is 2.31. The zero-order valence-electron chi connectivity index (χ0n) is 7.97. The second-order valence-electron chi connectivity index (χ2n) is 4.16. The predicted molar refractivity (Wildman–Crippen MR) is 53.7 cm³/mol. The van der Waals surface area contributed by atoms with E-state index in [4.69, 9.17) is 5.11 Å². The van der Waals surface area contributed by atoms with Crippen LogP contribution in [0.15, 0.2) is 0 Å². The molecule has 0 aromatic heterocycles. The fraction of sp³-hybridized carbons (Fsp3) is 1.00. The van der Waals surface area contributed by atoms with Gasteiger partial charge in [0.1, 0.15) is 0 Å². The third-order valence-corrected chi connectivity index (χ3v) is 2.83. The van der Waals surface area contributed by atoms with Crippen LogP contribution in [-0.4, -0.2) is 24.8 Å². The molecule has 1 heterocycles. The van der Waals surface area contributed by atoms with Crippen molar-refractivity contribution in [2.45, 2.75) is 26.7 Å². The summed E-state index contributed by atoms with van der Waals surface area (Å²) in [5, 5.41) is 12.2. The second kappa shape index (κ2) is 5.05. The summed E-state index contributed by atoms with van der Waals surface area (Å²) in [4.78, 5) is 0. The lowest BCUT2D eigenvalue weighted by Crippen LogP contribution is -2.43. The minimum Gasteiger partial charge on any atom is -0.396 e. The number of halogens is 1. The molecular formula is C9H20ClNO. The van der Waals surface area contributed by atoms with E-state index < -0.39 is 0 Å². The molecule has 1 fully saturated rings. The molecule has 2 nitrogen and oxygen atoms in total. The average Bonchev–Trinajstić information content (AvgIpc) is 1.94. The minimum absolute atomic E-state index is 0. The molecule has 2 N–H and O–H groups in total. The Morgan fingerprint density at radius 2 is 2.17 bits per heavy atom. The first-order valence-corrected chi connectivity index (χ1v) is 4.48. The largest absolute Gasteiger partial charge is 0.396 e. The number of hydrogen-bond acceptors (Lipinski definition) is 2. The maximum Gasteiger partial charge on any atom is 0.0433 e. The van der Waals surface area contributed by atoms with Gasteiger partial charge >= 0.3 is 0 Å². The van der Waals surface area contributed by atoms with Crippen LogP contribution in [0.4, 0.5) is 0 Å². The highest BCUT2D eigenvalue weighted by atomic mass is 35.5. The lowest BCUT2D eigenvalue weighted by atomic mass is 9.73. The molecular weight excluding hydrogens is 174 g/mol. The van der Waals surface area contributed by atoms with Gasteiger partial charge in [-0.2, -0.15) is 0 Å². The number of aliphatic hydroxyl groups is 1. The number of rotatable bonds is 2. The molecule has 0 spiro atoms. The van der Waals surface area contributed by atoms with Gasteiger partial charge in [-0.1, -0.05) is 13.8 Å². The van der Waals surface area contributed by atoms with Gasteiger partial charge in [0.25, 0.3) is 0 Å². The maximum absolute atomic E-state index is 8.83. The Balaban J connectivity index is 0.00000121. The summed E-state index contributed by atoms with van der Waals surface area (Å²) in [5.41, 5.74) is 0.376. The number of nitrogens with one attached hydrogen (secondary N) is 1. The fourth-order valence-corrected chi connectivity index (χ4v) is 1.91. The molecule has 1 atom stereocenters. The molecule has 1 aliphatic heterocycles. The van der Waals surface area contributed by atoms with Gasteiger partial charge in [0.05, 0.1) is 0 Å². The molecule has 0 radical (unpaired) electrons. The summed E-state index contributed by atoms with van der Waals surface area (Å²) < 4.78 is 0. The first kappa shape index (κ1) is 12.2. The summed E-state index contributed by atoms with van der Waals surface area (Å²) >= 11 is 0. The van der Waals surface area contributed by atoms with Crippen LogP contribution in [0.25, 0.3) is 0 Å². The number of piperidine rings is 1. The molecule has 0 aromatic carbocycles. The van der Waals surface area contributed by atoms with Crippen LogP contribution in [0.2, 0.25) is 0 Å². The maximum atomic E-state index is 8.83. The van der Waals surface area contributed by atoms with E-state index in [0.717, 1.165) is 19.5 Å². The van der Waals surface area contributed by atoms with Crippen molar-refractivity contribution in [1.82, 2.24) is 5.32 Å². The van der Waals surface area contributed by atoms with Crippen molar-refractivity contribution in [3.63, 3.8) is 0 Å². The molecule has 3 heteroatoms. The van der Waals surface area contributed by atoms with Crippen molar-refractivity contribution < 1.29 is 5.11 Å². The second-order valence-corrected chi connectivity index (χ2v) is 4.16. The van der Waals surface area contributed by atoms with E-state index in [0.29, 0.717) is 17.9 Å². The molecule has 0 aromatic rings. The van der Waals surface area contributed by atoms with Crippen LogP contribution in [-0.2, 0) is 0 Å². The van der Waals surface area contributed by atoms with Crippen LogP contribution < -0.4 is 5.32 Å². The van der Waals surface area contributed by atoms with Crippen LogP contribution >= 0.6 is 12.4 Å². The summed E-state index contributed by atoms with van der Waals surface area (Å²) in [6.45, 7) is 7.11. The van der Waals surface area contributed by atoms with Gasteiger partial charge in [-0.3, -0.25) is 0 Å². The van der Waals surface area contributed by atoms with E-state index in [1.165, 1.54) is 6.42 Å². The molecule has 0 aliphatic carbocycles. The molecule has 1 saturated heterocycles. The van der Waals surface area contributed by atoms with Gasteiger partial charge in [0, 0.05) is 13.2 Å². The van der Waals surface area contributed by atoms with E-state index >= 15 is 0 Å². The van der Waals surface area contributed by atoms with Crippen LogP contribution in [0.5, 0.6) is 0 Å². The summed E-state index contributed by atoms with van der Waals surface area (Å²) in [7, 11) is 0. The third kappa shape index (κ3) is 2.92. The monoisotopic (exact) mass is 193 g/mol. The molecule has 0 amide bonds. The summed E-state index contributed by atoms with van der Waals surface area (Å²) in [6.07, 6.45) is 2.18. The van der Waals surface area contributed by atoms with Crippen molar-refractivity contribution >= 4 is 12.4 Å². The van der Waals surface area contributed by atoms with Gasteiger partial charge < -0.3 is 10.4 Å². The van der Waals surface area contributed by atoms with E-state index in [2.05, 4.69) is 19.2 Å². The Labute approximate surface area is 81.2 Å². The first-order valence-electron chi connectivity index (χ1n) is 4.48. The zero-order chi connectivity index (χ0) is 8.32. The van der Waals surface area contributed by atoms with E-state index in [1.54, 1.807) is 0 Å². The van der Waals surface area contributed by atoms with E-state index in [-0.39, 0.29) is 12.4 Å². The van der Waals surface area contributed by atoms with Crippen molar-refractivity contribution in [2.75, 3.05) is 19.7 Å². The molecule has 0 bridgehead atoms. The van der Waals surface area contributed by atoms with Crippen LogP contribution in [0, 0.1) is 11.3 Å². The molecule has 0 saturated carbocycles. The lowest BCUT2D eigenvalue weighted by Gasteiger charge is -2.38. The zero-order valence-corrected chi connectivity index (χ0v) is 8.78. The molecule has 74 valence electrons. The summed E-state index contributed by atoms with van der Waals surface area (Å²) in [6, 6.07) is 0. The molecule has 1 rings (SSSR count). The normalized spacial score (nSPS) is 27.8. The highest BCUT2D eigenvalue weighted by molar-refractivity contribution is 5.85. The molecule has 1 aliphatic rings. The number of aliphatic hydroxyl groups excluding tert-OH is 1. The van der Waals surface area contributed by atoms with Crippen molar-refractivity contribution in [1.29, 1.82) is 0 Å². The van der Waals surface area contributed by atoms with Gasteiger partial charge in [-0.15, -0.1) is 12.4 Å². The Morgan fingerprint density at radius 3 is 2.67 bits per heavy atom.